The van der Waals surface area contributed by atoms with E-state index < -0.39 is 0 Å². The summed E-state index contributed by atoms with van der Waals surface area (Å²) in [6, 6.07) is 0. The Balaban J connectivity index is 2.47. The van der Waals surface area contributed by atoms with Gasteiger partial charge in [-0.1, -0.05) is 33.6 Å². The lowest BCUT2D eigenvalue weighted by Gasteiger charge is -2.22. The van der Waals surface area contributed by atoms with E-state index in [0.29, 0.717) is 5.92 Å². The van der Waals surface area contributed by atoms with Gasteiger partial charge in [-0.2, -0.15) is 0 Å². The summed E-state index contributed by atoms with van der Waals surface area (Å²) in [5, 5.41) is 3.39. The zero-order valence-electron chi connectivity index (χ0n) is 12.4. The number of rotatable bonds is 3. The van der Waals surface area contributed by atoms with Crippen LogP contribution in [0.1, 0.15) is 70.8 Å². The molecule has 1 heterocycles. The third kappa shape index (κ3) is 3.38. The van der Waals surface area contributed by atoms with Gasteiger partial charge in [0, 0.05) is 17.9 Å². The minimum absolute atomic E-state index is 0.00185. The molecule has 1 aliphatic carbocycles. The summed E-state index contributed by atoms with van der Waals surface area (Å²) >= 11 is 2.41. The van der Waals surface area contributed by atoms with E-state index in [9.17, 15) is 0 Å². The Morgan fingerprint density at radius 3 is 2.37 bits per heavy atom. The molecule has 1 N–H and O–H groups in total. The first kappa shape index (κ1) is 15.0. The molecule has 2 rings (SSSR count). The number of halogens is 1. The van der Waals surface area contributed by atoms with E-state index >= 15 is 0 Å². The lowest BCUT2D eigenvalue weighted by molar-refractivity contribution is 0.534. The molecule has 4 heteroatoms. The van der Waals surface area contributed by atoms with Gasteiger partial charge in [0.1, 0.15) is 11.6 Å². The second kappa shape index (κ2) is 5.94. The fourth-order valence-electron chi connectivity index (χ4n) is 2.55. The number of nitrogens with zero attached hydrogens (tertiary/aromatic N) is 2. The van der Waals surface area contributed by atoms with Gasteiger partial charge in [-0.15, -0.1) is 0 Å². The van der Waals surface area contributed by atoms with Crippen LogP contribution >= 0.6 is 22.6 Å². The maximum atomic E-state index is 4.91. The fourth-order valence-corrected chi connectivity index (χ4v) is 3.43. The molecule has 0 spiro atoms. The molecule has 0 unspecified atom stereocenters. The highest BCUT2D eigenvalue weighted by molar-refractivity contribution is 14.1. The van der Waals surface area contributed by atoms with Gasteiger partial charge in [0.2, 0.25) is 0 Å². The molecule has 0 radical (unpaired) electrons. The molecule has 106 valence electrons. The number of aromatic nitrogens is 2. The summed E-state index contributed by atoms with van der Waals surface area (Å²) in [4.78, 5) is 9.65. The van der Waals surface area contributed by atoms with Crippen molar-refractivity contribution in [3.05, 3.63) is 15.1 Å². The van der Waals surface area contributed by atoms with Gasteiger partial charge in [-0.25, -0.2) is 9.97 Å². The van der Waals surface area contributed by atoms with Crippen LogP contribution in [0.15, 0.2) is 0 Å². The lowest BCUT2D eigenvalue weighted by Crippen LogP contribution is -2.20. The van der Waals surface area contributed by atoms with E-state index in [0.717, 1.165) is 18.2 Å². The van der Waals surface area contributed by atoms with Crippen LogP contribution in [-0.2, 0) is 5.41 Å². The largest absolute Gasteiger partial charge is 0.369 e. The van der Waals surface area contributed by atoms with Gasteiger partial charge in [0.25, 0.3) is 0 Å². The second-order valence-corrected chi connectivity index (χ2v) is 7.44. The highest BCUT2D eigenvalue weighted by Gasteiger charge is 2.26. The van der Waals surface area contributed by atoms with Gasteiger partial charge in [0.15, 0.2) is 0 Å². The zero-order chi connectivity index (χ0) is 14.0. The van der Waals surface area contributed by atoms with Crippen molar-refractivity contribution in [1.29, 1.82) is 0 Å². The van der Waals surface area contributed by atoms with Gasteiger partial charge < -0.3 is 5.32 Å². The molecular weight excluding hydrogens is 349 g/mol. The van der Waals surface area contributed by atoms with E-state index in [1.54, 1.807) is 0 Å². The zero-order valence-corrected chi connectivity index (χ0v) is 14.5. The van der Waals surface area contributed by atoms with E-state index in [1.807, 2.05) is 0 Å². The minimum Gasteiger partial charge on any atom is -0.369 e. The molecule has 0 amide bonds. The third-order valence-corrected chi connectivity index (χ3v) is 4.70. The first-order chi connectivity index (χ1) is 8.93. The van der Waals surface area contributed by atoms with Gasteiger partial charge in [-0.05, 0) is 42.4 Å². The molecule has 0 saturated heterocycles. The molecule has 19 heavy (non-hydrogen) atoms. The smallest absolute Gasteiger partial charge is 0.143 e. The van der Waals surface area contributed by atoms with Crippen molar-refractivity contribution in [2.24, 2.45) is 0 Å². The molecule has 1 fully saturated rings. The van der Waals surface area contributed by atoms with Crippen LogP contribution in [0.5, 0.6) is 0 Å². The van der Waals surface area contributed by atoms with Crippen molar-refractivity contribution in [1.82, 2.24) is 9.97 Å². The summed E-state index contributed by atoms with van der Waals surface area (Å²) in [5.74, 6) is 2.61. The first-order valence-corrected chi connectivity index (χ1v) is 8.33. The molecule has 1 aromatic rings. The Kier molecular flexibility index (Phi) is 4.69. The average molecular weight is 373 g/mol. The Morgan fingerprint density at radius 2 is 1.84 bits per heavy atom. The Labute approximate surface area is 130 Å². The predicted octanol–water partition coefficient (Wildman–Crippen LogP) is 4.47. The summed E-state index contributed by atoms with van der Waals surface area (Å²) < 4.78 is 1.22. The quantitative estimate of drug-likeness (QED) is 0.795. The van der Waals surface area contributed by atoms with Crippen LogP contribution in [0.4, 0.5) is 5.82 Å². The van der Waals surface area contributed by atoms with Gasteiger partial charge >= 0.3 is 0 Å². The van der Waals surface area contributed by atoms with Crippen LogP contribution < -0.4 is 5.32 Å². The monoisotopic (exact) mass is 373 g/mol. The maximum Gasteiger partial charge on any atom is 0.143 e. The molecule has 0 bridgehead atoms. The van der Waals surface area contributed by atoms with E-state index in [2.05, 4.69) is 55.6 Å². The lowest BCUT2D eigenvalue weighted by atomic mass is 9.94. The standard InChI is InChI=1S/C15H24IN3/c1-5-17-13-11(16)12(10-8-6-7-9-10)18-14(19-13)15(2,3)4/h10H,5-9H2,1-4H3,(H,17,18,19). The summed E-state index contributed by atoms with van der Waals surface area (Å²) in [5.41, 5.74) is 1.27. The van der Waals surface area contributed by atoms with Gasteiger partial charge in [-0.3, -0.25) is 0 Å². The third-order valence-electron chi connectivity index (χ3n) is 3.63. The Morgan fingerprint density at radius 1 is 1.21 bits per heavy atom. The molecule has 3 nitrogen and oxygen atoms in total. The van der Waals surface area contributed by atoms with Crippen LogP contribution in [0.3, 0.4) is 0 Å². The Bertz CT molecular complexity index is 445. The normalized spacial score (nSPS) is 16.9. The fraction of sp³-hybridized carbons (Fsp3) is 0.733. The summed E-state index contributed by atoms with van der Waals surface area (Å²) in [6.07, 6.45) is 5.24. The summed E-state index contributed by atoms with van der Waals surface area (Å²) in [7, 11) is 0. The van der Waals surface area contributed by atoms with Crippen molar-refractivity contribution < 1.29 is 0 Å². The first-order valence-electron chi connectivity index (χ1n) is 7.25. The number of hydrogen-bond donors (Lipinski definition) is 1. The van der Waals surface area contributed by atoms with E-state index in [-0.39, 0.29) is 5.41 Å². The molecular formula is C15H24IN3. The molecule has 1 aromatic heterocycles. The summed E-state index contributed by atoms with van der Waals surface area (Å²) in [6.45, 7) is 9.57. The van der Waals surface area contributed by atoms with E-state index in [1.165, 1.54) is 34.9 Å². The highest BCUT2D eigenvalue weighted by atomic mass is 127. The molecule has 1 aliphatic rings. The molecule has 0 atom stereocenters. The Hall–Kier alpha value is -0.390. The molecule has 1 saturated carbocycles. The van der Waals surface area contributed by atoms with Crippen molar-refractivity contribution in [2.45, 2.75) is 64.7 Å². The van der Waals surface area contributed by atoms with Crippen molar-refractivity contribution in [2.75, 3.05) is 11.9 Å². The van der Waals surface area contributed by atoms with Crippen LogP contribution in [0.2, 0.25) is 0 Å². The van der Waals surface area contributed by atoms with Crippen LogP contribution in [0, 0.1) is 3.57 Å². The maximum absolute atomic E-state index is 4.91. The van der Waals surface area contributed by atoms with Crippen molar-refractivity contribution >= 4 is 28.4 Å². The second-order valence-electron chi connectivity index (χ2n) is 6.36. The van der Waals surface area contributed by atoms with Gasteiger partial charge in [0.05, 0.1) is 9.26 Å². The van der Waals surface area contributed by atoms with E-state index in [4.69, 9.17) is 9.97 Å². The SMILES string of the molecule is CCNc1nc(C(C)(C)C)nc(C2CCCC2)c1I. The number of nitrogens with one attached hydrogen (secondary N) is 1. The molecule has 0 aliphatic heterocycles. The predicted molar refractivity (Wildman–Crippen MR) is 88.8 cm³/mol. The van der Waals surface area contributed by atoms with Crippen molar-refractivity contribution in [3.63, 3.8) is 0 Å². The van der Waals surface area contributed by atoms with Crippen LogP contribution in [0.25, 0.3) is 0 Å². The van der Waals surface area contributed by atoms with Crippen LogP contribution in [-0.4, -0.2) is 16.5 Å². The minimum atomic E-state index is 0.00185. The number of anilines is 1. The average Bonchev–Trinajstić information content (AvgIpc) is 2.84. The van der Waals surface area contributed by atoms with Crippen molar-refractivity contribution in [3.8, 4) is 0 Å². The number of hydrogen-bond acceptors (Lipinski definition) is 3. The topological polar surface area (TPSA) is 37.8 Å². The molecule has 0 aromatic carbocycles. The highest BCUT2D eigenvalue weighted by Crippen LogP contribution is 2.37.